The Morgan fingerprint density at radius 3 is 2.35 bits per heavy atom. The maximum atomic E-state index is 13.6. The Morgan fingerprint density at radius 1 is 1.25 bits per heavy atom. The van der Waals surface area contributed by atoms with E-state index >= 15 is 0 Å². The highest BCUT2D eigenvalue weighted by Crippen LogP contribution is 2.29. The molecule has 0 unspecified atom stereocenters. The molecule has 1 heterocycles. The molecule has 0 amide bonds. The van der Waals surface area contributed by atoms with Crippen molar-refractivity contribution in [3.8, 4) is 5.75 Å². The van der Waals surface area contributed by atoms with Crippen molar-refractivity contribution in [3.63, 3.8) is 0 Å². The Balaban J connectivity index is 2.43. The number of carbonyl (C=O) groups is 2. The first-order valence-corrected chi connectivity index (χ1v) is 5.94. The van der Waals surface area contributed by atoms with Gasteiger partial charge in [-0.3, -0.25) is 0 Å². The van der Waals surface area contributed by atoms with E-state index in [0.717, 1.165) is 18.2 Å². The van der Waals surface area contributed by atoms with Crippen LogP contribution in [0.4, 0.5) is 4.39 Å². The fraction of sp³-hybridized carbons (Fsp3) is 0.231. The molecule has 0 spiro atoms. The molecule has 1 aliphatic heterocycles. The van der Waals surface area contributed by atoms with Gasteiger partial charge < -0.3 is 14.6 Å². The van der Waals surface area contributed by atoms with Gasteiger partial charge in [0.15, 0.2) is 0 Å². The van der Waals surface area contributed by atoms with Crippen LogP contribution in [-0.4, -0.2) is 22.8 Å². The maximum absolute atomic E-state index is 13.6. The van der Waals surface area contributed by atoms with Gasteiger partial charge in [0.1, 0.15) is 17.1 Å². The molecule has 106 valence electrons. The van der Waals surface area contributed by atoms with Gasteiger partial charge in [0.25, 0.3) is 5.79 Å². The second-order valence-corrected chi connectivity index (χ2v) is 4.97. The second-order valence-electron chi connectivity index (χ2n) is 4.56. The van der Waals surface area contributed by atoms with Gasteiger partial charge in [0.05, 0.1) is 5.02 Å². The molecule has 1 aromatic carbocycles. The summed E-state index contributed by atoms with van der Waals surface area (Å²) in [5.74, 6) is -4.49. The summed E-state index contributed by atoms with van der Waals surface area (Å²) in [5.41, 5.74) is -0.596. The van der Waals surface area contributed by atoms with E-state index in [1.807, 2.05) is 0 Å². The number of benzene rings is 1. The Kier molecular flexibility index (Phi) is 3.43. The quantitative estimate of drug-likeness (QED) is 0.490. The minimum Gasteiger partial charge on any atom is -0.506 e. The molecule has 0 aromatic heterocycles. The van der Waals surface area contributed by atoms with Gasteiger partial charge in [-0.1, -0.05) is 11.6 Å². The number of phenolic OH excluding ortho intramolecular Hbond substituents is 1. The van der Waals surface area contributed by atoms with Gasteiger partial charge in [-0.25, -0.2) is 14.0 Å². The number of cyclic esters (lactones) is 2. The summed E-state index contributed by atoms with van der Waals surface area (Å²) in [4.78, 5) is 23.4. The van der Waals surface area contributed by atoms with Crippen LogP contribution in [0, 0.1) is 5.82 Å². The normalized spacial score (nSPS) is 17.5. The van der Waals surface area contributed by atoms with Crippen molar-refractivity contribution < 1.29 is 28.6 Å². The lowest BCUT2D eigenvalue weighted by Crippen LogP contribution is -2.41. The molecule has 1 N–H and O–H groups in total. The fourth-order valence-corrected chi connectivity index (χ4v) is 1.77. The summed E-state index contributed by atoms with van der Waals surface area (Å²) in [7, 11) is 0. The fourth-order valence-electron chi connectivity index (χ4n) is 1.60. The number of phenols is 1. The van der Waals surface area contributed by atoms with Crippen LogP contribution in [0.3, 0.4) is 0 Å². The lowest BCUT2D eigenvalue weighted by atomic mass is 10.1. The lowest BCUT2D eigenvalue weighted by Gasteiger charge is -2.29. The molecule has 20 heavy (non-hydrogen) atoms. The van der Waals surface area contributed by atoms with Gasteiger partial charge in [0.2, 0.25) is 0 Å². The van der Waals surface area contributed by atoms with Crippen molar-refractivity contribution in [1.82, 2.24) is 0 Å². The molecule has 1 fully saturated rings. The van der Waals surface area contributed by atoms with Crippen LogP contribution in [0.2, 0.25) is 5.02 Å². The van der Waals surface area contributed by atoms with Crippen LogP contribution in [0.1, 0.15) is 19.4 Å². The zero-order valence-electron chi connectivity index (χ0n) is 10.6. The first-order chi connectivity index (χ1) is 9.19. The average Bonchev–Trinajstić information content (AvgIpc) is 2.28. The van der Waals surface area contributed by atoms with Crippen molar-refractivity contribution in [3.05, 3.63) is 34.1 Å². The van der Waals surface area contributed by atoms with Crippen molar-refractivity contribution in [1.29, 1.82) is 0 Å². The molecule has 7 heteroatoms. The highest BCUT2D eigenvalue weighted by atomic mass is 35.5. The standard InChI is InChI=1S/C13H10ClFO5/c1-13(2)19-11(17)7(12(18)20-13)3-6-4-8(14)10(16)5-9(6)15/h3-5,16H,1-2H3. The van der Waals surface area contributed by atoms with Crippen molar-refractivity contribution in [2.45, 2.75) is 19.6 Å². The van der Waals surface area contributed by atoms with Gasteiger partial charge in [-0.15, -0.1) is 0 Å². The Bertz CT molecular complexity index is 614. The smallest absolute Gasteiger partial charge is 0.348 e. The van der Waals surface area contributed by atoms with Gasteiger partial charge >= 0.3 is 11.9 Å². The summed E-state index contributed by atoms with van der Waals surface area (Å²) in [5, 5.41) is 9.11. The van der Waals surface area contributed by atoms with E-state index in [2.05, 4.69) is 0 Å². The topological polar surface area (TPSA) is 72.8 Å². The number of hydrogen-bond acceptors (Lipinski definition) is 5. The number of hydrogen-bond donors (Lipinski definition) is 1. The van der Waals surface area contributed by atoms with E-state index in [4.69, 9.17) is 21.1 Å². The number of esters is 2. The summed E-state index contributed by atoms with van der Waals surface area (Å²) in [6.07, 6.45) is 0.959. The van der Waals surface area contributed by atoms with E-state index < -0.39 is 34.9 Å². The van der Waals surface area contributed by atoms with Crippen LogP contribution in [-0.2, 0) is 19.1 Å². The van der Waals surface area contributed by atoms with Crippen molar-refractivity contribution >= 4 is 29.6 Å². The summed E-state index contributed by atoms with van der Waals surface area (Å²) >= 11 is 5.64. The predicted molar refractivity (Wildman–Crippen MR) is 67.3 cm³/mol. The SMILES string of the molecule is CC1(C)OC(=O)C(=Cc2cc(Cl)c(O)cc2F)C(=O)O1. The first-order valence-electron chi connectivity index (χ1n) is 5.56. The van der Waals surface area contributed by atoms with Crippen LogP contribution in [0.15, 0.2) is 17.7 Å². The molecule has 1 aromatic rings. The molecule has 0 saturated carbocycles. The number of rotatable bonds is 1. The van der Waals surface area contributed by atoms with Crippen molar-refractivity contribution in [2.24, 2.45) is 0 Å². The molecule has 0 bridgehead atoms. The van der Waals surface area contributed by atoms with Gasteiger partial charge in [0, 0.05) is 25.5 Å². The highest BCUT2D eigenvalue weighted by molar-refractivity contribution is 6.32. The Labute approximate surface area is 118 Å². The number of ether oxygens (including phenoxy) is 2. The van der Waals surface area contributed by atoms with E-state index in [0.29, 0.717) is 0 Å². The van der Waals surface area contributed by atoms with E-state index in [-0.39, 0.29) is 10.6 Å². The van der Waals surface area contributed by atoms with Gasteiger partial charge in [-0.05, 0) is 12.1 Å². The third kappa shape index (κ3) is 2.75. The second kappa shape index (κ2) is 4.79. The lowest BCUT2D eigenvalue weighted by molar-refractivity contribution is -0.222. The number of aromatic hydroxyl groups is 1. The molecule has 0 aliphatic carbocycles. The van der Waals surface area contributed by atoms with Gasteiger partial charge in [-0.2, -0.15) is 0 Å². The number of carbonyl (C=O) groups excluding carboxylic acids is 2. The molecule has 0 radical (unpaired) electrons. The molecule has 1 aliphatic rings. The molecule has 0 atom stereocenters. The maximum Gasteiger partial charge on any atom is 0.348 e. The zero-order valence-corrected chi connectivity index (χ0v) is 11.3. The van der Waals surface area contributed by atoms with Crippen LogP contribution >= 0.6 is 11.6 Å². The molecule has 5 nitrogen and oxygen atoms in total. The molecular formula is C13H10ClFO5. The Hall–Kier alpha value is -2.08. The van der Waals surface area contributed by atoms with Crippen LogP contribution in [0.25, 0.3) is 6.08 Å². The Morgan fingerprint density at radius 2 is 1.80 bits per heavy atom. The monoisotopic (exact) mass is 300 g/mol. The molecule has 1 saturated heterocycles. The minimum atomic E-state index is -1.36. The third-order valence-corrected chi connectivity index (χ3v) is 2.79. The summed E-state index contributed by atoms with van der Waals surface area (Å²) < 4.78 is 23.4. The van der Waals surface area contributed by atoms with Crippen LogP contribution in [0.5, 0.6) is 5.75 Å². The van der Waals surface area contributed by atoms with E-state index in [9.17, 15) is 19.1 Å². The minimum absolute atomic E-state index is 0.115. The van der Waals surface area contributed by atoms with Crippen LogP contribution < -0.4 is 0 Å². The molecular weight excluding hydrogens is 291 g/mol. The van der Waals surface area contributed by atoms with E-state index in [1.54, 1.807) is 0 Å². The predicted octanol–water partition coefficient (Wildman–Crippen LogP) is 2.40. The largest absolute Gasteiger partial charge is 0.506 e. The zero-order chi connectivity index (χ0) is 15.1. The average molecular weight is 301 g/mol. The van der Waals surface area contributed by atoms with E-state index in [1.165, 1.54) is 13.8 Å². The third-order valence-electron chi connectivity index (χ3n) is 2.48. The summed E-state index contributed by atoms with van der Waals surface area (Å²) in [6.45, 7) is 2.80. The first kappa shape index (κ1) is 14.3. The summed E-state index contributed by atoms with van der Waals surface area (Å²) in [6, 6.07) is 1.86. The van der Waals surface area contributed by atoms with Crippen molar-refractivity contribution in [2.75, 3.05) is 0 Å². The molecule has 2 rings (SSSR count). The highest BCUT2D eigenvalue weighted by Gasteiger charge is 2.39. The number of halogens is 2.